The molecule has 7 heteroatoms. The summed E-state index contributed by atoms with van der Waals surface area (Å²) in [6, 6.07) is 1.74. The van der Waals surface area contributed by atoms with Gasteiger partial charge >= 0.3 is 0 Å². The number of nitrogens with two attached hydrogens (primary N) is 1. The summed E-state index contributed by atoms with van der Waals surface area (Å²) in [5.41, 5.74) is 8.06. The maximum absolute atomic E-state index is 5.58. The zero-order valence-corrected chi connectivity index (χ0v) is 9.88. The van der Waals surface area contributed by atoms with E-state index in [9.17, 15) is 0 Å². The van der Waals surface area contributed by atoms with Gasteiger partial charge in [-0.2, -0.15) is 5.10 Å². The molecule has 0 unspecified atom stereocenters. The number of hydrogen-bond donors (Lipinski definition) is 2. The van der Waals surface area contributed by atoms with Gasteiger partial charge in [0.1, 0.15) is 4.99 Å². The molecule has 0 aliphatic rings. The zero-order valence-electron chi connectivity index (χ0n) is 8.25. The molecule has 0 radical (unpaired) electrons. The third-order valence-electron chi connectivity index (χ3n) is 1.90. The third kappa shape index (κ3) is 2.50. The number of thiazole rings is 1. The first-order chi connectivity index (χ1) is 7.77. The van der Waals surface area contributed by atoms with Gasteiger partial charge in [-0.15, -0.1) is 16.4 Å². The van der Waals surface area contributed by atoms with Crippen LogP contribution < -0.4 is 11.1 Å². The fourth-order valence-electron chi connectivity index (χ4n) is 1.16. The Hall–Kier alpha value is -1.60. The molecular formula is C9H9N5S2. The maximum Gasteiger partial charge on any atom is 0.159 e. The average molecular weight is 251 g/mol. The number of aromatic nitrogens is 3. The SMILES string of the molecule is NC(=S)c1ccnnc1NCc1cncs1. The Bertz CT molecular complexity index is 482. The lowest BCUT2D eigenvalue weighted by Crippen LogP contribution is -2.14. The minimum atomic E-state index is 0.307. The van der Waals surface area contributed by atoms with Crippen molar-refractivity contribution in [1.29, 1.82) is 0 Å². The van der Waals surface area contributed by atoms with Crippen LogP contribution in [0.25, 0.3) is 0 Å². The molecule has 0 spiro atoms. The first kappa shape index (κ1) is 10.9. The van der Waals surface area contributed by atoms with Gasteiger partial charge in [0.15, 0.2) is 5.82 Å². The Balaban J connectivity index is 2.12. The highest BCUT2D eigenvalue weighted by molar-refractivity contribution is 7.80. The Morgan fingerprint density at radius 2 is 2.44 bits per heavy atom. The van der Waals surface area contributed by atoms with Crippen LogP contribution in [0.3, 0.4) is 0 Å². The molecule has 0 saturated heterocycles. The van der Waals surface area contributed by atoms with E-state index in [-0.39, 0.29) is 0 Å². The molecule has 0 aliphatic carbocycles. The van der Waals surface area contributed by atoms with Crippen LogP contribution in [-0.2, 0) is 6.54 Å². The Kier molecular flexibility index (Phi) is 3.37. The summed E-state index contributed by atoms with van der Waals surface area (Å²) in [7, 11) is 0. The summed E-state index contributed by atoms with van der Waals surface area (Å²) in [6.45, 7) is 0.638. The van der Waals surface area contributed by atoms with E-state index in [1.54, 1.807) is 35.3 Å². The molecule has 0 amide bonds. The maximum atomic E-state index is 5.58. The van der Waals surface area contributed by atoms with Crippen LogP contribution >= 0.6 is 23.6 Å². The first-order valence-corrected chi connectivity index (χ1v) is 5.79. The van der Waals surface area contributed by atoms with Crippen molar-refractivity contribution < 1.29 is 0 Å². The lowest BCUT2D eigenvalue weighted by atomic mass is 10.3. The van der Waals surface area contributed by atoms with Gasteiger partial charge in [-0.25, -0.2) is 0 Å². The molecule has 2 aromatic rings. The average Bonchev–Trinajstić information content (AvgIpc) is 2.79. The second-order valence-electron chi connectivity index (χ2n) is 2.98. The summed E-state index contributed by atoms with van der Waals surface area (Å²) in [5.74, 6) is 0.600. The molecular weight excluding hydrogens is 242 g/mol. The molecule has 0 aromatic carbocycles. The molecule has 0 bridgehead atoms. The monoisotopic (exact) mass is 251 g/mol. The molecule has 16 heavy (non-hydrogen) atoms. The highest BCUT2D eigenvalue weighted by atomic mass is 32.1. The topological polar surface area (TPSA) is 76.7 Å². The minimum absolute atomic E-state index is 0.307. The summed E-state index contributed by atoms with van der Waals surface area (Å²) in [6.07, 6.45) is 3.36. The molecule has 2 heterocycles. The van der Waals surface area contributed by atoms with Crippen molar-refractivity contribution in [1.82, 2.24) is 15.2 Å². The Labute approximate surface area is 102 Å². The molecule has 0 saturated carbocycles. The number of hydrogen-bond acceptors (Lipinski definition) is 6. The minimum Gasteiger partial charge on any atom is -0.389 e. The van der Waals surface area contributed by atoms with Crippen molar-refractivity contribution in [2.45, 2.75) is 6.54 Å². The molecule has 3 N–H and O–H groups in total. The number of rotatable bonds is 4. The fourth-order valence-corrected chi connectivity index (χ4v) is 1.86. The summed E-state index contributed by atoms with van der Waals surface area (Å²) < 4.78 is 0. The summed E-state index contributed by atoms with van der Waals surface area (Å²) in [4.78, 5) is 5.40. The van der Waals surface area contributed by atoms with E-state index in [2.05, 4.69) is 20.5 Å². The van der Waals surface area contributed by atoms with Crippen molar-refractivity contribution in [3.63, 3.8) is 0 Å². The van der Waals surface area contributed by atoms with Crippen molar-refractivity contribution in [2.24, 2.45) is 5.73 Å². The van der Waals surface area contributed by atoms with E-state index < -0.39 is 0 Å². The lowest BCUT2D eigenvalue weighted by Gasteiger charge is -2.07. The van der Waals surface area contributed by atoms with Crippen LogP contribution in [0.1, 0.15) is 10.4 Å². The van der Waals surface area contributed by atoms with Crippen molar-refractivity contribution in [3.8, 4) is 0 Å². The largest absolute Gasteiger partial charge is 0.389 e. The van der Waals surface area contributed by atoms with Crippen molar-refractivity contribution >= 4 is 34.4 Å². The number of thiocarbonyl (C=S) groups is 1. The van der Waals surface area contributed by atoms with E-state index in [0.717, 1.165) is 4.88 Å². The molecule has 0 aliphatic heterocycles. The highest BCUT2D eigenvalue weighted by Crippen LogP contribution is 2.13. The number of nitrogens with zero attached hydrogens (tertiary/aromatic N) is 3. The van der Waals surface area contributed by atoms with Crippen molar-refractivity contribution in [2.75, 3.05) is 5.32 Å². The summed E-state index contributed by atoms with van der Waals surface area (Å²) >= 11 is 6.49. The second kappa shape index (κ2) is 4.95. The standard InChI is InChI=1S/C9H9N5S2/c10-8(15)7-1-2-13-14-9(7)12-4-6-3-11-5-16-6/h1-3,5H,4H2,(H2,10,15)(H,12,14). The third-order valence-corrected chi connectivity index (χ3v) is 2.90. The molecule has 0 fully saturated rings. The first-order valence-electron chi connectivity index (χ1n) is 4.50. The Morgan fingerprint density at radius 1 is 1.56 bits per heavy atom. The fraction of sp³-hybridized carbons (Fsp3) is 0.111. The molecule has 82 valence electrons. The van der Waals surface area contributed by atoms with Gasteiger partial charge in [-0.1, -0.05) is 12.2 Å². The van der Waals surface area contributed by atoms with Crippen LogP contribution in [0.4, 0.5) is 5.82 Å². The normalized spacial score (nSPS) is 10.0. The van der Waals surface area contributed by atoms with E-state index in [1.807, 2.05) is 0 Å². The second-order valence-corrected chi connectivity index (χ2v) is 4.39. The van der Waals surface area contributed by atoms with E-state index in [1.165, 1.54) is 0 Å². The Morgan fingerprint density at radius 3 is 3.12 bits per heavy atom. The van der Waals surface area contributed by atoms with Crippen LogP contribution in [0.15, 0.2) is 24.0 Å². The zero-order chi connectivity index (χ0) is 11.4. The van der Waals surface area contributed by atoms with E-state index in [0.29, 0.717) is 22.9 Å². The molecule has 2 rings (SSSR count). The van der Waals surface area contributed by atoms with Gasteiger partial charge in [0, 0.05) is 11.1 Å². The van der Waals surface area contributed by atoms with Gasteiger partial charge in [-0.3, -0.25) is 4.98 Å². The van der Waals surface area contributed by atoms with Crippen LogP contribution in [0.5, 0.6) is 0 Å². The lowest BCUT2D eigenvalue weighted by molar-refractivity contribution is 1.00. The summed E-state index contributed by atoms with van der Waals surface area (Å²) in [5, 5.41) is 10.9. The van der Waals surface area contributed by atoms with E-state index in [4.69, 9.17) is 18.0 Å². The smallest absolute Gasteiger partial charge is 0.159 e. The van der Waals surface area contributed by atoms with Gasteiger partial charge in [0.25, 0.3) is 0 Å². The van der Waals surface area contributed by atoms with Crippen LogP contribution in [0.2, 0.25) is 0 Å². The van der Waals surface area contributed by atoms with Gasteiger partial charge in [0.05, 0.1) is 23.8 Å². The van der Waals surface area contributed by atoms with Crippen LogP contribution in [-0.4, -0.2) is 20.2 Å². The predicted molar refractivity (Wildman–Crippen MR) is 67.4 cm³/mol. The predicted octanol–water partition coefficient (Wildman–Crippen LogP) is 1.18. The number of nitrogens with one attached hydrogen (secondary N) is 1. The molecule has 2 aromatic heterocycles. The highest BCUT2D eigenvalue weighted by Gasteiger charge is 2.06. The van der Waals surface area contributed by atoms with Crippen LogP contribution in [0, 0.1) is 0 Å². The molecule has 5 nitrogen and oxygen atoms in total. The van der Waals surface area contributed by atoms with E-state index >= 15 is 0 Å². The quantitative estimate of drug-likeness (QED) is 0.795. The van der Waals surface area contributed by atoms with Gasteiger partial charge in [0.2, 0.25) is 0 Å². The molecule has 0 atom stereocenters. The van der Waals surface area contributed by atoms with Gasteiger partial charge < -0.3 is 11.1 Å². The number of anilines is 1. The van der Waals surface area contributed by atoms with Gasteiger partial charge in [-0.05, 0) is 6.07 Å². The van der Waals surface area contributed by atoms with Crippen molar-refractivity contribution in [3.05, 3.63) is 34.4 Å².